The Morgan fingerprint density at radius 3 is 0.602 bits per heavy atom. The molecular weight excluding hydrogens is 1510 g/mol. The third-order valence-electron chi connectivity index (χ3n) is 22.6. The van der Waals surface area contributed by atoms with E-state index in [1.807, 2.05) is 57.5 Å². The van der Waals surface area contributed by atoms with Gasteiger partial charge in [0.2, 0.25) is 0 Å². The van der Waals surface area contributed by atoms with Crippen LogP contribution in [0.2, 0.25) is 0 Å². The van der Waals surface area contributed by atoms with E-state index in [9.17, 15) is 0 Å². The molecular formula is C110H68N4S4. The van der Waals surface area contributed by atoms with Crippen molar-refractivity contribution in [2.75, 3.05) is 0 Å². The fourth-order valence-electron chi connectivity index (χ4n) is 16.5. The van der Waals surface area contributed by atoms with Crippen LogP contribution >= 0.6 is 45.3 Å². The van der Waals surface area contributed by atoms with Crippen LogP contribution in [0.5, 0.6) is 0 Å². The van der Waals surface area contributed by atoms with Gasteiger partial charge in [0.15, 0.2) is 11.6 Å². The molecule has 0 aliphatic carbocycles. The van der Waals surface area contributed by atoms with Gasteiger partial charge in [-0.1, -0.05) is 291 Å². The zero-order valence-corrected chi connectivity index (χ0v) is 66.9. The smallest absolute Gasteiger partial charge is 0.160 e. The van der Waals surface area contributed by atoms with Crippen molar-refractivity contribution in [1.82, 2.24) is 19.9 Å². The number of aromatic nitrogens is 4. The lowest BCUT2D eigenvalue weighted by atomic mass is 9.93. The van der Waals surface area contributed by atoms with Gasteiger partial charge in [0.1, 0.15) is 0 Å². The minimum absolute atomic E-state index is 0.688. The predicted molar refractivity (Wildman–Crippen MR) is 506 cm³/mol. The molecule has 0 bridgehead atoms. The molecule has 0 unspecified atom stereocenters. The molecule has 0 N–H and O–H groups in total. The van der Waals surface area contributed by atoms with Crippen molar-refractivity contribution in [3.05, 3.63) is 413 Å². The molecule has 0 spiro atoms. The predicted octanol–water partition coefficient (Wildman–Crippen LogP) is 32.1. The molecule has 0 amide bonds. The van der Waals surface area contributed by atoms with Crippen LogP contribution in [-0.4, -0.2) is 19.9 Å². The van der Waals surface area contributed by atoms with Crippen LogP contribution in [-0.2, 0) is 0 Å². The van der Waals surface area contributed by atoms with E-state index in [-0.39, 0.29) is 0 Å². The molecule has 0 aliphatic rings. The van der Waals surface area contributed by atoms with Gasteiger partial charge in [0.25, 0.3) is 0 Å². The van der Waals surface area contributed by atoms with Crippen molar-refractivity contribution in [3.63, 3.8) is 0 Å². The second-order valence-electron chi connectivity index (χ2n) is 30.0. The largest absolute Gasteiger partial charge is 0.228 e. The molecule has 0 aliphatic heterocycles. The molecule has 8 heteroatoms. The maximum Gasteiger partial charge on any atom is 0.160 e. The van der Waals surface area contributed by atoms with Gasteiger partial charge in [-0.05, 0) is 199 Å². The van der Waals surface area contributed by atoms with Crippen LogP contribution in [0.25, 0.3) is 226 Å². The minimum atomic E-state index is 0.688. The third-order valence-corrected chi connectivity index (χ3v) is 27.2. The zero-order chi connectivity index (χ0) is 78.0. The molecule has 552 valence electrons. The van der Waals surface area contributed by atoms with Crippen LogP contribution in [0, 0.1) is 0 Å². The van der Waals surface area contributed by atoms with Gasteiger partial charge in [-0.15, -0.1) is 45.3 Å². The first-order valence-corrected chi connectivity index (χ1v) is 42.9. The van der Waals surface area contributed by atoms with Gasteiger partial charge in [-0.3, -0.25) is 0 Å². The van der Waals surface area contributed by atoms with E-state index in [2.05, 4.69) is 400 Å². The topological polar surface area (TPSA) is 51.6 Å². The molecule has 23 aromatic rings. The van der Waals surface area contributed by atoms with E-state index in [0.717, 1.165) is 89.5 Å². The number of hydrogen-bond acceptors (Lipinski definition) is 8. The Hall–Kier alpha value is -14.2. The summed E-state index contributed by atoms with van der Waals surface area (Å²) in [4.78, 5) is 21.2. The zero-order valence-electron chi connectivity index (χ0n) is 63.7. The van der Waals surface area contributed by atoms with Gasteiger partial charge in [-0.2, -0.15) is 0 Å². The Morgan fingerprint density at radius 1 is 0.119 bits per heavy atom. The fraction of sp³-hybridized carbons (Fsp3) is 0. The quantitative estimate of drug-likeness (QED) is 0.115. The number of hydrogen-bond donors (Lipinski definition) is 0. The van der Waals surface area contributed by atoms with Crippen LogP contribution in [0.3, 0.4) is 0 Å². The summed E-state index contributed by atoms with van der Waals surface area (Å²) in [6, 6.07) is 149. The number of fused-ring (bicyclic) bond motifs is 12. The molecule has 23 rings (SSSR count). The fourth-order valence-corrected chi connectivity index (χ4v) is 20.9. The number of thiophene rings is 4. The molecule has 0 atom stereocenters. The summed E-state index contributed by atoms with van der Waals surface area (Å²) >= 11 is 7.40. The van der Waals surface area contributed by atoms with E-state index < -0.39 is 0 Å². The van der Waals surface area contributed by atoms with Gasteiger partial charge in [0, 0.05) is 114 Å². The number of nitrogens with zero attached hydrogens (tertiary/aromatic N) is 4. The van der Waals surface area contributed by atoms with Crippen molar-refractivity contribution in [3.8, 4) is 146 Å². The highest BCUT2D eigenvalue weighted by atomic mass is 32.1. The molecule has 0 fully saturated rings. The summed E-state index contributed by atoms with van der Waals surface area (Å²) in [5.41, 5.74) is 26.0. The standard InChI is InChI=1S/C58H36N2S2.C52H32N2S2/c1-3-11-37(12-4-1)39-19-23-41(24-20-39)52-36-53(60-58(59-52)42-25-21-40(22-26-42)38-13-5-2-6-14-38)47-32-45(43-27-29-56-50(34-43)48-15-7-9-17-54(48)61-56)31-46(33-47)44-28-30-57-51(35-44)49-16-8-10-18-55(49)62-57;1-3-11-33(12-4-1)34-19-21-36(22-20-34)52-53-46(35-13-5-2-6-14-35)32-47(54-52)41-28-39(37-23-25-50-44(30-37)42-15-7-9-17-48(42)55-50)27-40(29-41)38-24-26-51-45(31-38)43-16-8-10-18-49(43)56-51/h1-36H;1-32H. The second-order valence-corrected chi connectivity index (χ2v) is 34.3. The lowest BCUT2D eigenvalue weighted by Gasteiger charge is -2.14. The Balaban J connectivity index is 0.000000143. The lowest BCUT2D eigenvalue weighted by molar-refractivity contribution is 1.18. The van der Waals surface area contributed by atoms with Gasteiger partial charge in [-0.25, -0.2) is 19.9 Å². The van der Waals surface area contributed by atoms with E-state index in [1.165, 1.54) is 125 Å². The van der Waals surface area contributed by atoms with E-state index in [4.69, 9.17) is 19.9 Å². The number of rotatable bonds is 13. The molecule has 17 aromatic carbocycles. The van der Waals surface area contributed by atoms with Gasteiger partial charge in [0.05, 0.1) is 22.8 Å². The van der Waals surface area contributed by atoms with Gasteiger partial charge < -0.3 is 0 Å². The van der Waals surface area contributed by atoms with Crippen molar-refractivity contribution < 1.29 is 0 Å². The maximum atomic E-state index is 5.39. The molecule has 6 heterocycles. The van der Waals surface area contributed by atoms with Crippen molar-refractivity contribution >= 4 is 126 Å². The van der Waals surface area contributed by atoms with Crippen LogP contribution in [0.1, 0.15) is 0 Å². The molecule has 0 saturated carbocycles. The Kier molecular flexibility index (Phi) is 18.0. The molecule has 0 radical (unpaired) electrons. The van der Waals surface area contributed by atoms with Crippen molar-refractivity contribution in [2.45, 2.75) is 0 Å². The van der Waals surface area contributed by atoms with Crippen molar-refractivity contribution in [1.29, 1.82) is 0 Å². The number of benzene rings is 17. The lowest BCUT2D eigenvalue weighted by Crippen LogP contribution is -1.97. The van der Waals surface area contributed by atoms with Gasteiger partial charge >= 0.3 is 0 Å². The molecule has 0 saturated heterocycles. The summed E-state index contributed by atoms with van der Waals surface area (Å²) < 4.78 is 10.4. The maximum absolute atomic E-state index is 5.39. The third kappa shape index (κ3) is 13.6. The Labute approximate surface area is 698 Å². The molecule has 6 aromatic heterocycles. The Bertz CT molecular complexity index is 7400. The monoisotopic (exact) mass is 1570 g/mol. The SMILES string of the molecule is c1ccc(-c2ccc(-c3cc(-c4cc(-c5ccc6sc7ccccc7c6c5)cc(-c5ccc6sc7ccccc7c6c5)c4)nc(-c4ccc(-c5ccccc5)cc4)n3)cc2)cc1.c1ccc(-c2ccc(-c3nc(-c4ccccc4)cc(-c4cc(-c5ccc6sc7ccccc7c6c5)cc(-c5ccc6sc7ccccc7c6c5)c4)n3)cc2)cc1. The highest BCUT2D eigenvalue weighted by molar-refractivity contribution is 7.27. The summed E-state index contributed by atoms with van der Waals surface area (Å²) in [6.07, 6.45) is 0. The summed E-state index contributed by atoms with van der Waals surface area (Å²) in [5.74, 6) is 1.39. The van der Waals surface area contributed by atoms with Crippen LogP contribution in [0.4, 0.5) is 0 Å². The van der Waals surface area contributed by atoms with E-state index in [1.54, 1.807) is 0 Å². The first-order chi connectivity index (χ1) is 58.4. The molecule has 118 heavy (non-hydrogen) atoms. The summed E-state index contributed by atoms with van der Waals surface area (Å²) in [6.45, 7) is 0. The van der Waals surface area contributed by atoms with E-state index in [0.29, 0.717) is 11.6 Å². The second kappa shape index (κ2) is 30.2. The first-order valence-electron chi connectivity index (χ1n) is 39.7. The Morgan fingerprint density at radius 2 is 0.314 bits per heavy atom. The average Bonchev–Trinajstić information content (AvgIpc) is 1.45. The summed E-state index contributed by atoms with van der Waals surface area (Å²) in [7, 11) is 0. The van der Waals surface area contributed by atoms with E-state index >= 15 is 0 Å². The highest BCUT2D eigenvalue weighted by Gasteiger charge is 2.21. The minimum Gasteiger partial charge on any atom is -0.228 e. The first kappa shape index (κ1) is 70.4. The summed E-state index contributed by atoms with van der Waals surface area (Å²) in [5, 5.41) is 10.3. The van der Waals surface area contributed by atoms with Crippen LogP contribution < -0.4 is 0 Å². The normalized spacial score (nSPS) is 11.6. The van der Waals surface area contributed by atoms with Crippen LogP contribution in [0.15, 0.2) is 413 Å². The van der Waals surface area contributed by atoms with Crippen molar-refractivity contribution in [2.24, 2.45) is 0 Å². The molecule has 4 nitrogen and oxygen atoms in total. The average molecular weight is 1570 g/mol. The highest BCUT2D eigenvalue weighted by Crippen LogP contribution is 2.46.